The zero-order chi connectivity index (χ0) is 15.2. The van der Waals surface area contributed by atoms with Crippen molar-refractivity contribution in [2.75, 3.05) is 27.3 Å². The fraction of sp³-hybridized carbons (Fsp3) is 0.538. The summed E-state index contributed by atoms with van der Waals surface area (Å²) in [6, 6.07) is 3.06. The van der Waals surface area contributed by atoms with E-state index in [1.165, 1.54) is 20.3 Å². The van der Waals surface area contributed by atoms with Crippen LogP contribution in [0.3, 0.4) is 0 Å². The minimum absolute atomic E-state index is 0.171. The number of hydrogen-bond acceptors (Lipinski definition) is 5. The largest absolute Gasteiger partial charge is 0.493 e. The number of nitrogens with one attached hydrogen (secondary N) is 2. The highest BCUT2D eigenvalue weighted by atomic mass is 32.2. The van der Waals surface area contributed by atoms with Gasteiger partial charge in [0.1, 0.15) is 0 Å². The maximum atomic E-state index is 12.1. The van der Waals surface area contributed by atoms with Crippen molar-refractivity contribution in [1.29, 1.82) is 0 Å². The monoisotopic (exact) mass is 302 g/mol. The van der Waals surface area contributed by atoms with Crippen LogP contribution in [0.2, 0.25) is 0 Å². The van der Waals surface area contributed by atoms with Gasteiger partial charge >= 0.3 is 0 Å². The quantitative estimate of drug-likeness (QED) is 0.752. The Morgan fingerprint density at radius 3 is 2.30 bits per heavy atom. The van der Waals surface area contributed by atoms with Crippen LogP contribution in [-0.2, 0) is 16.6 Å². The van der Waals surface area contributed by atoms with Crippen LogP contribution in [0.5, 0.6) is 11.5 Å². The second-order valence-electron chi connectivity index (χ2n) is 4.10. The lowest BCUT2D eigenvalue weighted by Gasteiger charge is -2.15. The van der Waals surface area contributed by atoms with Crippen molar-refractivity contribution in [3.8, 4) is 11.5 Å². The second-order valence-corrected chi connectivity index (χ2v) is 5.87. The molecule has 0 fully saturated rings. The van der Waals surface area contributed by atoms with E-state index in [4.69, 9.17) is 9.47 Å². The van der Waals surface area contributed by atoms with Crippen molar-refractivity contribution in [3.05, 3.63) is 17.7 Å². The Kier molecular flexibility index (Phi) is 6.25. The number of rotatable bonds is 8. The maximum absolute atomic E-state index is 12.1. The molecule has 1 rings (SSSR count). The van der Waals surface area contributed by atoms with Crippen molar-refractivity contribution < 1.29 is 17.9 Å². The molecule has 7 heteroatoms. The Hall–Kier alpha value is -1.31. The van der Waals surface area contributed by atoms with Crippen LogP contribution in [0.1, 0.15) is 19.4 Å². The molecule has 114 valence electrons. The molecule has 0 atom stereocenters. The molecule has 1 aromatic carbocycles. The van der Waals surface area contributed by atoms with E-state index < -0.39 is 10.0 Å². The van der Waals surface area contributed by atoms with E-state index >= 15 is 0 Å². The summed E-state index contributed by atoms with van der Waals surface area (Å²) in [6.45, 7) is 5.32. The van der Waals surface area contributed by atoms with E-state index in [0.717, 1.165) is 12.1 Å². The lowest BCUT2D eigenvalue weighted by atomic mass is 10.2. The van der Waals surface area contributed by atoms with Gasteiger partial charge in [0, 0.05) is 24.7 Å². The number of sulfonamides is 1. The maximum Gasteiger partial charge on any atom is 0.240 e. The number of methoxy groups -OCH3 is 2. The van der Waals surface area contributed by atoms with E-state index in [-0.39, 0.29) is 4.90 Å². The Balaban J connectivity index is 3.34. The summed E-state index contributed by atoms with van der Waals surface area (Å²) in [7, 11) is -0.511. The summed E-state index contributed by atoms with van der Waals surface area (Å²) in [6.07, 6.45) is 0. The molecule has 0 bridgehead atoms. The third-order valence-corrected chi connectivity index (χ3v) is 4.26. The van der Waals surface area contributed by atoms with Gasteiger partial charge in [-0.25, -0.2) is 13.1 Å². The molecule has 0 amide bonds. The van der Waals surface area contributed by atoms with Crippen LogP contribution in [0.25, 0.3) is 0 Å². The van der Waals surface area contributed by atoms with E-state index in [2.05, 4.69) is 10.0 Å². The molecule has 0 heterocycles. The molecule has 0 aromatic heterocycles. The summed E-state index contributed by atoms with van der Waals surface area (Å²) in [4.78, 5) is 0.171. The molecular formula is C13H22N2O4S. The smallest absolute Gasteiger partial charge is 0.240 e. The van der Waals surface area contributed by atoms with Crippen molar-refractivity contribution in [1.82, 2.24) is 10.0 Å². The van der Waals surface area contributed by atoms with Gasteiger partial charge in [-0.1, -0.05) is 13.8 Å². The zero-order valence-corrected chi connectivity index (χ0v) is 13.1. The standard InChI is InChI=1S/C13H22N2O4S/c1-5-14-9-10-7-11(20(16,17)15-6-2)8-12(18-3)13(10)19-4/h7-8,14-15H,5-6,9H2,1-4H3. The highest BCUT2D eigenvalue weighted by Crippen LogP contribution is 2.34. The molecule has 6 nitrogen and oxygen atoms in total. The first-order chi connectivity index (χ1) is 9.50. The molecule has 0 aliphatic carbocycles. The molecule has 0 spiro atoms. The lowest BCUT2D eigenvalue weighted by Crippen LogP contribution is -2.23. The number of hydrogen-bond donors (Lipinski definition) is 2. The Labute approximate surface area is 120 Å². The van der Waals surface area contributed by atoms with E-state index in [1.54, 1.807) is 13.0 Å². The van der Waals surface area contributed by atoms with Crippen molar-refractivity contribution >= 4 is 10.0 Å². The van der Waals surface area contributed by atoms with Gasteiger partial charge in [0.15, 0.2) is 11.5 Å². The van der Waals surface area contributed by atoms with E-state index in [1.807, 2.05) is 6.92 Å². The topological polar surface area (TPSA) is 76.7 Å². The minimum atomic E-state index is -3.53. The average molecular weight is 302 g/mol. The number of ether oxygens (including phenoxy) is 2. The minimum Gasteiger partial charge on any atom is -0.493 e. The SMILES string of the molecule is CCNCc1cc(S(=O)(=O)NCC)cc(OC)c1OC. The van der Waals surface area contributed by atoms with Crippen LogP contribution in [-0.4, -0.2) is 35.7 Å². The Bertz CT molecular complexity index is 544. The first-order valence-corrected chi connectivity index (χ1v) is 7.93. The molecule has 0 saturated heterocycles. The zero-order valence-electron chi connectivity index (χ0n) is 12.3. The molecule has 0 radical (unpaired) electrons. The first kappa shape index (κ1) is 16.7. The van der Waals surface area contributed by atoms with Gasteiger partial charge in [0.2, 0.25) is 10.0 Å². The summed E-state index contributed by atoms with van der Waals surface area (Å²) < 4.78 is 37.2. The summed E-state index contributed by atoms with van der Waals surface area (Å²) in [5.74, 6) is 0.947. The van der Waals surface area contributed by atoms with Gasteiger partial charge in [-0.15, -0.1) is 0 Å². The van der Waals surface area contributed by atoms with Crippen LogP contribution < -0.4 is 19.5 Å². The van der Waals surface area contributed by atoms with Crippen LogP contribution in [0, 0.1) is 0 Å². The van der Waals surface area contributed by atoms with Gasteiger partial charge in [-0.3, -0.25) is 0 Å². The highest BCUT2D eigenvalue weighted by molar-refractivity contribution is 7.89. The van der Waals surface area contributed by atoms with Gasteiger partial charge < -0.3 is 14.8 Å². The fourth-order valence-electron chi connectivity index (χ4n) is 1.83. The third kappa shape index (κ3) is 3.84. The number of benzene rings is 1. The van der Waals surface area contributed by atoms with Crippen molar-refractivity contribution in [2.45, 2.75) is 25.3 Å². The lowest BCUT2D eigenvalue weighted by molar-refractivity contribution is 0.349. The molecule has 0 unspecified atom stereocenters. The Morgan fingerprint density at radius 2 is 1.80 bits per heavy atom. The van der Waals surface area contributed by atoms with Crippen LogP contribution >= 0.6 is 0 Å². The van der Waals surface area contributed by atoms with Gasteiger partial charge in [-0.05, 0) is 12.6 Å². The van der Waals surface area contributed by atoms with Gasteiger partial charge in [0.25, 0.3) is 0 Å². The molecule has 2 N–H and O–H groups in total. The third-order valence-electron chi connectivity index (χ3n) is 2.74. The summed E-state index contributed by atoms with van der Waals surface area (Å²) in [5, 5.41) is 3.15. The van der Waals surface area contributed by atoms with E-state index in [9.17, 15) is 8.42 Å². The van der Waals surface area contributed by atoms with Gasteiger partial charge in [-0.2, -0.15) is 0 Å². The molecule has 1 aromatic rings. The molecule has 0 saturated carbocycles. The summed E-state index contributed by atoms with van der Waals surface area (Å²) in [5.41, 5.74) is 0.741. The molecule has 20 heavy (non-hydrogen) atoms. The second kappa shape index (κ2) is 7.47. The van der Waals surface area contributed by atoms with E-state index in [0.29, 0.717) is 24.6 Å². The van der Waals surface area contributed by atoms with Crippen LogP contribution in [0.4, 0.5) is 0 Å². The van der Waals surface area contributed by atoms with Crippen molar-refractivity contribution in [2.24, 2.45) is 0 Å². The predicted molar refractivity (Wildman–Crippen MR) is 77.8 cm³/mol. The first-order valence-electron chi connectivity index (χ1n) is 6.45. The van der Waals surface area contributed by atoms with Crippen LogP contribution in [0.15, 0.2) is 17.0 Å². The average Bonchev–Trinajstić information content (AvgIpc) is 2.43. The molecule has 0 aliphatic heterocycles. The predicted octanol–water partition coefficient (Wildman–Crippen LogP) is 1.11. The summed E-state index contributed by atoms with van der Waals surface area (Å²) >= 11 is 0. The normalized spacial score (nSPS) is 11.4. The van der Waals surface area contributed by atoms with Gasteiger partial charge in [0.05, 0.1) is 19.1 Å². The highest BCUT2D eigenvalue weighted by Gasteiger charge is 2.19. The molecule has 0 aliphatic rings. The molecular weight excluding hydrogens is 280 g/mol. The van der Waals surface area contributed by atoms with Crippen molar-refractivity contribution in [3.63, 3.8) is 0 Å². The fourth-order valence-corrected chi connectivity index (χ4v) is 2.94. The Morgan fingerprint density at radius 1 is 1.10 bits per heavy atom.